The van der Waals surface area contributed by atoms with Gasteiger partial charge < -0.3 is 15.4 Å². The molecule has 3 aromatic rings. The fourth-order valence-electron chi connectivity index (χ4n) is 5.00. The summed E-state index contributed by atoms with van der Waals surface area (Å²) < 4.78 is 69.8. The van der Waals surface area contributed by atoms with Crippen molar-refractivity contribution in [2.24, 2.45) is 0 Å². The zero-order valence-electron chi connectivity index (χ0n) is 21.4. The Morgan fingerprint density at radius 2 is 2.07 bits per heavy atom. The number of carbonyl (C=O) groups is 2. The van der Waals surface area contributed by atoms with Crippen molar-refractivity contribution in [3.05, 3.63) is 64.5 Å². The second-order valence-electron chi connectivity index (χ2n) is 9.55. The number of rotatable bonds is 7. The van der Waals surface area contributed by atoms with Gasteiger partial charge in [-0.3, -0.25) is 9.59 Å². The zero-order chi connectivity index (χ0) is 29.6. The molecule has 0 radical (unpaired) electrons. The van der Waals surface area contributed by atoms with Crippen LogP contribution in [0.25, 0.3) is 5.82 Å². The van der Waals surface area contributed by atoms with Crippen molar-refractivity contribution >= 4 is 27.7 Å². The first-order chi connectivity index (χ1) is 19.3. The van der Waals surface area contributed by atoms with E-state index in [9.17, 15) is 31.2 Å². The highest BCUT2D eigenvalue weighted by Gasteiger charge is 2.47. The van der Waals surface area contributed by atoms with Gasteiger partial charge in [-0.05, 0) is 55.3 Å². The lowest BCUT2D eigenvalue weighted by Crippen LogP contribution is -2.50. The molecule has 0 saturated carbocycles. The molecule has 1 spiro atoms. The van der Waals surface area contributed by atoms with E-state index < -0.39 is 45.9 Å². The molecule has 12 nitrogen and oxygen atoms in total. The molecular weight excluding hydrogens is 567 g/mol. The first-order valence-electron chi connectivity index (χ1n) is 12.2. The Bertz CT molecular complexity index is 1700. The molecule has 41 heavy (non-hydrogen) atoms. The van der Waals surface area contributed by atoms with Crippen molar-refractivity contribution in [2.75, 3.05) is 24.7 Å². The first kappa shape index (κ1) is 28.1. The van der Waals surface area contributed by atoms with Crippen LogP contribution in [0.5, 0.6) is 5.75 Å². The number of hydrogen-bond donors (Lipinski definition) is 3. The highest BCUT2D eigenvalue weighted by atomic mass is 32.2. The number of nitriles is 1. The zero-order valence-corrected chi connectivity index (χ0v) is 22.2. The fourth-order valence-corrected chi connectivity index (χ4v) is 5.56. The van der Waals surface area contributed by atoms with E-state index in [0.29, 0.717) is 24.0 Å². The molecule has 16 heteroatoms. The fraction of sp³-hybridized carbons (Fsp3) is 0.320. The van der Waals surface area contributed by atoms with Crippen molar-refractivity contribution in [1.29, 1.82) is 5.26 Å². The normalized spacial score (nSPS) is 17.9. The first-order valence-corrected chi connectivity index (χ1v) is 13.8. The largest absolute Gasteiger partial charge is 0.484 e. The maximum atomic E-state index is 13.6. The number of sulfonamides is 1. The van der Waals surface area contributed by atoms with Crippen LogP contribution in [0.4, 0.5) is 19.0 Å². The number of aromatic nitrogens is 3. The number of pyridine rings is 1. The van der Waals surface area contributed by atoms with Crippen LogP contribution >= 0.6 is 0 Å². The maximum Gasteiger partial charge on any atom is 0.422 e. The molecule has 3 heterocycles. The lowest BCUT2D eigenvalue weighted by atomic mass is 9.82. The lowest BCUT2D eigenvalue weighted by Gasteiger charge is -2.35. The third kappa shape index (κ3) is 5.58. The standard InChI is InChI=1S/C25H22F3N7O5S/c1-30-41(38,39)12-20(36)32-22-21-18(34-35(22)19-5-2-14(10-29)11-31-19)9-24(33-23(21)37)7-6-15-8-16(3-4-17(15)24)40-13-25(26,27)28/h2-5,8,11,30H,6-7,9,12-13H2,1H3,(H,32,36)(H,33,37)/t24-/m1/s1. The van der Waals surface area contributed by atoms with Crippen LogP contribution < -0.4 is 20.1 Å². The number of amides is 2. The molecule has 1 aliphatic carbocycles. The van der Waals surface area contributed by atoms with Crippen molar-refractivity contribution in [1.82, 2.24) is 24.8 Å². The number of anilines is 1. The smallest absolute Gasteiger partial charge is 0.422 e. The van der Waals surface area contributed by atoms with E-state index in [0.717, 1.165) is 7.05 Å². The van der Waals surface area contributed by atoms with Crippen LogP contribution in [-0.4, -0.2) is 60.6 Å². The summed E-state index contributed by atoms with van der Waals surface area (Å²) in [6, 6.07) is 9.40. The van der Waals surface area contributed by atoms with Crippen LogP contribution in [0.1, 0.15) is 39.2 Å². The Balaban J connectivity index is 1.52. The number of fused-ring (bicyclic) bond motifs is 3. The third-order valence-electron chi connectivity index (χ3n) is 6.81. The third-order valence-corrected chi connectivity index (χ3v) is 8.07. The second kappa shape index (κ2) is 10.2. The van der Waals surface area contributed by atoms with E-state index in [1.54, 1.807) is 6.07 Å². The minimum atomic E-state index is -4.49. The van der Waals surface area contributed by atoms with E-state index in [1.807, 2.05) is 10.8 Å². The number of nitrogens with zero attached hydrogens (tertiary/aromatic N) is 4. The molecule has 0 unspecified atom stereocenters. The van der Waals surface area contributed by atoms with Gasteiger partial charge in [-0.15, -0.1) is 0 Å². The van der Waals surface area contributed by atoms with E-state index in [4.69, 9.17) is 10.00 Å². The van der Waals surface area contributed by atoms with Gasteiger partial charge in [0.1, 0.15) is 23.1 Å². The van der Waals surface area contributed by atoms with Gasteiger partial charge in [-0.25, -0.2) is 18.1 Å². The summed E-state index contributed by atoms with van der Waals surface area (Å²) in [5.41, 5.74) is 1.05. The summed E-state index contributed by atoms with van der Waals surface area (Å²) in [7, 11) is -2.77. The Hall–Kier alpha value is -4.49. The van der Waals surface area contributed by atoms with Crippen LogP contribution in [-0.2, 0) is 33.2 Å². The van der Waals surface area contributed by atoms with Gasteiger partial charge in [-0.2, -0.15) is 28.2 Å². The minimum Gasteiger partial charge on any atom is -0.484 e. The number of benzene rings is 1. The summed E-state index contributed by atoms with van der Waals surface area (Å²) in [6.45, 7) is -1.43. The summed E-state index contributed by atoms with van der Waals surface area (Å²) in [6.07, 6.45) is -2.15. The molecule has 2 aliphatic rings. The van der Waals surface area contributed by atoms with E-state index in [1.165, 1.54) is 35.1 Å². The molecule has 0 bridgehead atoms. The van der Waals surface area contributed by atoms with Gasteiger partial charge in [0.15, 0.2) is 18.2 Å². The molecule has 3 N–H and O–H groups in total. The van der Waals surface area contributed by atoms with Gasteiger partial charge in [0, 0.05) is 12.6 Å². The van der Waals surface area contributed by atoms with Crippen molar-refractivity contribution < 1.29 is 35.9 Å². The monoisotopic (exact) mass is 589 g/mol. The van der Waals surface area contributed by atoms with Crippen LogP contribution in [0.2, 0.25) is 0 Å². The maximum absolute atomic E-state index is 13.6. The van der Waals surface area contributed by atoms with Gasteiger partial charge >= 0.3 is 6.18 Å². The van der Waals surface area contributed by atoms with Crippen molar-refractivity contribution in [3.8, 4) is 17.6 Å². The van der Waals surface area contributed by atoms with Crippen LogP contribution in [0.3, 0.4) is 0 Å². The predicted molar refractivity (Wildman–Crippen MR) is 137 cm³/mol. The van der Waals surface area contributed by atoms with Crippen LogP contribution in [0.15, 0.2) is 36.5 Å². The quantitative estimate of drug-likeness (QED) is 0.374. The Labute approximate surface area is 231 Å². The Morgan fingerprint density at radius 3 is 2.73 bits per heavy atom. The Morgan fingerprint density at radius 1 is 1.29 bits per heavy atom. The molecule has 1 atom stereocenters. The molecule has 214 valence electrons. The molecule has 2 amide bonds. The average Bonchev–Trinajstić information content (AvgIpc) is 3.44. The van der Waals surface area contributed by atoms with E-state index in [2.05, 4.69) is 20.7 Å². The lowest BCUT2D eigenvalue weighted by molar-refractivity contribution is -0.153. The summed E-state index contributed by atoms with van der Waals surface area (Å²) in [5.74, 6) is -2.33. The Kier molecular flexibility index (Phi) is 6.95. The number of alkyl halides is 3. The molecular formula is C25H22F3N7O5S. The van der Waals surface area contributed by atoms with Gasteiger partial charge in [0.25, 0.3) is 5.91 Å². The number of hydrogen-bond acceptors (Lipinski definition) is 8. The number of carbonyl (C=O) groups excluding carboxylic acids is 2. The van der Waals surface area contributed by atoms with Gasteiger partial charge in [-0.1, -0.05) is 6.07 Å². The van der Waals surface area contributed by atoms with Crippen molar-refractivity contribution in [2.45, 2.75) is 31.0 Å². The molecule has 0 fully saturated rings. The molecule has 0 saturated heterocycles. The molecule has 2 aromatic heterocycles. The van der Waals surface area contributed by atoms with Gasteiger partial charge in [0.2, 0.25) is 15.9 Å². The highest BCUT2D eigenvalue weighted by Crippen LogP contribution is 2.44. The van der Waals surface area contributed by atoms with E-state index >= 15 is 0 Å². The predicted octanol–water partition coefficient (Wildman–Crippen LogP) is 1.70. The summed E-state index contributed by atoms with van der Waals surface area (Å²) in [4.78, 5) is 30.4. The van der Waals surface area contributed by atoms with Gasteiger partial charge in [0.05, 0.1) is 16.8 Å². The van der Waals surface area contributed by atoms with Crippen molar-refractivity contribution in [3.63, 3.8) is 0 Å². The minimum absolute atomic E-state index is 0.00979. The SMILES string of the molecule is CNS(=O)(=O)CC(=O)Nc1c2c(nn1-c1ccc(C#N)cn1)C[C@@]1(CCc3cc(OCC(F)(F)F)ccc31)NC2=O. The molecule has 5 rings (SSSR count). The summed E-state index contributed by atoms with van der Waals surface area (Å²) >= 11 is 0. The average molecular weight is 590 g/mol. The topological polar surface area (TPSA) is 168 Å². The number of aryl methyl sites for hydroxylation is 1. The summed E-state index contributed by atoms with van der Waals surface area (Å²) in [5, 5.41) is 19.1. The number of halogens is 3. The molecule has 1 aliphatic heterocycles. The van der Waals surface area contributed by atoms with Crippen LogP contribution in [0, 0.1) is 11.3 Å². The number of ether oxygens (including phenoxy) is 1. The second-order valence-corrected chi connectivity index (χ2v) is 11.5. The highest BCUT2D eigenvalue weighted by molar-refractivity contribution is 7.90. The molecule has 1 aromatic carbocycles. The van der Waals surface area contributed by atoms with E-state index in [-0.39, 0.29) is 40.6 Å². The number of nitrogens with one attached hydrogen (secondary N) is 3.